The lowest BCUT2D eigenvalue weighted by Crippen LogP contribution is -2.66. The molecule has 4 amide bonds. The molecule has 0 saturated carbocycles. The van der Waals surface area contributed by atoms with E-state index in [1.54, 1.807) is 0 Å². The van der Waals surface area contributed by atoms with Gasteiger partial charge in [-0.2, -0.15) is 0 Å². The van der Waals surface area contributed by atoms with Crippen LogP contribution in [0.4, 0.5) is 9.59 Å². The molecule has 0 aliphatic carbocycles. The highest BCUT2D eigenvalue weighted by atomic mass is 16.2. The van der Waals surface area contributed by atoms with Crippen LogP contribution in [0.5, 0.6) is 0 Å². The predicted molar refractivity (Wildman–Crippen MR) is 112 cm³/mol. The highest BCUT2D eigenvalue weighted by Gasteiger charge is 2.37. The molecule has 0 aromatic heterocycles. The van der Waals surface area contributed by atoms with Crippen molar-refractivity contribution in [2.75, 3.05) is 45.8 Å². The van der Waals surface area contributed by atoms with E-state index in [-0.39, 0.29) is 23.6 Å². The van der Waals surface area contributed by atoms with E-state index in [4.69, 9.17) is 0 Å². The van der Waals surface area contributed by atoms with Crippen molar-refractivity contribution in [1.29, 1.82) is 0 Å². The summed E-state index contributed by atoms with van der Waals surface area (Å²) in [7, 11) is 0. The monoisotopic (exact) mass is 396 g/mol. The SMILES string of the molecule is CCNC(=O)NC1CN(C(C)(C)CCCNC(=O)NCC2CN(C(C)C)C2)C1. The Morgan fingerprint density at radius 1 is 1.04 bits per heavy atom. The van der Waals surface area contributed by atoms with Crippen LogP contribution in [0.15, 0.2) is 0 Å². The number of nitrogens with zero attached hydrogens (tertiary/aromatic N) is 2. The van der Waals surface area contributed by atoms with Gasteiger partial charge in [0.2, 0.25) is 0 Å². The number of hydrogen-bond acceptors (Lipinski definition) is 4. The molecule has 2 aliphatic rings. The van der Waals surface area contributed by atoms with E-state index in [9.17, 15) is 9.59 Å². The summed E-state index contributed by atoms with van der Waals surface area (Å²) in [5.41, 5.74) is 0.0732. The smallest absolute Gasteiger partial charge is 0.315 e. The molecule has 2 heterocycles. The Balaban J connectivity index is 1.50. The van der Waals surface area contributed by atoms with Crippen molar-refractivity contribution in [2.24, 2.45) is 5.92 Å². The van der Waals surface area contributed by atoms with E-state index in [0.29, 0.717) is 25.0 Å². The highest BCUT2D eigenvalue weighted by molar-refractivity contribution is 5.74. The van der Waals surface area contributed by atoms with Gasteiger partial charge in [-0.3, -0.25) is 4.90 Å². The van der Waals surface area contributed by atoms with Crippen LogP contribution in [-0.4, -0.2) is 85.3 Å². The van der Waals surface area contributed by atoms with Crippen LogP contribution < -0.4 is 21.3 Å². The molecule has 4 N–H and O–H groups in total. The van der Waals surface area contributed by atoms with E-state index in [0.717, 1.165) is 45.6 Å². The van der Waals surface area contributed by atoms with E-state index < -0.39 is 0 Å². The molecular weight excluding hydrogens is 356 g/mol. The van der Waals surface area contributed by atoms with Crippen molar-refractivity contribution in [2.45, 2.75) is 65.1 Å². The summed E-state index contributed by atoms with van der Waals surface area (Å²) in [6, 6.07) is 0.683. The minimum Gasteiger partial charge on any atom is -0.338 e. The number of nitrogens with one attached hydrogen (secondary N) is 4. The van der Waals surface area contributed by atoms with Gasteiger partial charge in [0.05, 0.1) is 6.04 Å². The van der Waals surface area contributed by atoms with Crippen LogP contribution in [0.1, 0.15) is 47.5 Å². The zero-order chi connectivity index (χ0) is 20.7. The van der Waals surface area contributed by atoms with Crippen molar-refractivity contribution in [3.05, 3.63) is 0 Å². The Morgan fingerprint density at radius 3 is 2.32 bits per heavy atom. The van der Waals surface area contributed by atoms with Crippen LogP contribution in [-0.2, 0) is 0 Å². The van der Waals surface area contributed by atoms with Crippen LogP contribution in [0.25, 0.3) is 0 Å². The molecule has 0 aromatic rings. The average molecular weight is 397 g/mol. The summed E-state index contributed by atoms with van der Waals surface area (Å²) >= 11 is 0. The third-order valence-corrected chi connectivity index (χ3v) is 5.93. The van der Waals surface area contributed by atoms with E-state index in [1.165, 1.54) is 0 Å². The minimum absolute atomic E-state index is 0.0593. The Labute approximate surface area is 170 Å². The van der Waals surface area contributed by atoms with Gasteiger partial charge in [0.1, 0.15) is 0 Å². The number of urea groups is 2. The first kappa shape index (κ1) is 22.7. The number of rotatable bonds is 10. The maximum absolute atomic E-state index is 11.9. The standard InChI is InChI=1S/C20H40N6O2/c1-6-21-19(28)24-17-13-26(14-17)20(4,5)8-7-9-22-18(27)23-10-16-11-25(12-16)15(2)3/h15-17H,6-14H2,1-5H3,(H2,21,24,28)(H2,22,23,27). The number of likely N-dealkylation sites (tertiary alicyclic amines) is 2. The van der Waals surface area contributed by atoms with Gasteiger partial charge >= 0.3 is 12.1 Å². The fourth-order valence-corrected chi connectivity index (χ4v) is 3.80. The third kappa shape index (κ3) is 6.81. The molecule has 0 aromatic carbocycles. The summed E-state index contributed by atoms with van der Waals surface area (Å²) in [6.07, 6.45) is 1.95. The fraction of sp³-hybridized carbons (Fsp3) is 0.900. The van der Waals surface area contributed by atoms with E-state index in [2.05, 4.69) is 58.8 Å². The lowest BCUT2D eigenvalue weighted by molar-refractivity contribution is 0.0214. The Kier molecular flexibility index (Phi) is 8.37. The molecule has 8 heteroatoms. The van der Waals surface area contributed by atoms with Crippen molar-refractivity contribution < 1.29 is 9.59 Å². The number of hydrogen-bond donors (Lipinski definition) is 4. The van der Waals surface area contributed by atoms with Crippen molar-refractivity contribution in [3.63, 3.8) is 0 Å². The molecule has 2 rings (SSSR count). The van der Waals surface area contributed by atoms with Crippen molar-refractivity contribution >= 4 is 12.1 Å². The van der Waals surface area contributed by atoms with Gasteiger partial charge in [0, 0.05) is 63.3 Å². The Bertz CT molecular complexity index is 513. The van der Waals surface area contributed by atoms with Crippen molar-refractivity contribution in [1.82, 2.24) is 31.1 Å². The molecular formula is C20H40N6O2. The Hall–Kier alpha value is -1.54. The van der Waals surface area contributed by atoms with E-state index in [1.807, 2.05) is 6.92 Å². The summed E-state index contributed by atoms with van der Waals surface area (Å²) in [5.74, 6) is 0.583. The van der Waals surface area contributed by atoms with Gasteiger partial charge in [-0.25, -0.2) is 9.59 Å². The Morgan fingerprint density at radius 2 is 1.71 bits per heavy atom. The topological polar surface area (TPSA) is 88.7 Å². The molecule has 0 unspecified atom stereocenters. The fourth-order valence-electron chi connectivity index (χ4n) is 3.80. The average Bonchev–Trinajstić information content (AvgIpc) is 2.53. The predicted octanol–water partition coefficient (Wildman–Crippen LogP) is 1.19. The summed E-state index contributed by atoms with van der Waals surface area (Å²) in [5, 5.41) is 11.7. The van der Waals surface area contributed by atoms with Crippen LogP contribution in [0.2, 0.25) is 0 Å². The second kappa shape index (κ2) is 10.3. The lowest BCUT2D eigenvalue weighted by atomic mass is 9.91. The molecule has 2 aliphatic heterocycles. The maximum Gasteiger partial charge on any atom is 0.315 e. The number of amides is 4. The molecule has 2 fully saturated rings. The molecule has 28 heavy (non-hydrogen) atoms. The first-order valence-electron chi connectivity index (χ1n) is 10.8. The highest BCUT2D eigenvalue weighted by Crippen LogP contribution is 2.26. The largest absolute Gasteiger partial charge is 0.338 e. The zero-order valence-corrected chi connectivity index (χ0v) is 18.3. The maximum atomic E-state index is 11.9. The van der Waals surface area contributed by atoms with Gasteiger partial charge in [0.25, 0.3) is 0 Å². The normalized spacial score (nSPS) is 19.1. The number of carbonyl (C=O) groups excluding carboxylic acids is 2. The minimum atomic E-state index is -0.0843. The van der Waals surface area contributed by atoms with Crippen LogP contribution in [0, 0.1) is 5.92 Å². The van der Waals surface area contributed by atoms with Gasteiger partial charge in [0.15, 0.2) is 0 Å². The molecule has 0 atom stereocenters. The number of carbonyl (C=O) groups is 2. The van der Waals surface area contributed by atoms with Crippen LogP contribution >= 0.6 is 0 Å². The van der Waals surface area contributed by atoms with Gasteiger partial charge < -0.3 is 26.2 Å². The molecule has 8 nitrogen and oxygen atoms in total. The molecule has 0 radical (unpaired) electrons. The molecule has 162 valence electrons. The summed E-state index contributed by atoms with van der Waals surface area (Å²) in [6.45, 7) is 16.8. The van der Waals surface area contributed by atoms with Gasteiger partial charge in [-0.1, -0.05) is 0 Å². The van der Waals surface area contributed by atoms with E-state index >= 15 is 0 Å². The molecule has 2 saturated heterocycles. The zero-order valence-electron chi connectivity index (χ0n) is 18.3. The van der Waals surface area contributed by atoms with Gasteiger partial charge in [-0.05, 0) is 47.5 Å². The second-order valence-electron chi connectivity index (χ2n) is 9.07. The summed E-state index contributed by atoms with van der Waals surface area (Å²) < 4.78 is 0. The van der Waals surface area contributed by atoms with Crippen molar-refractivity contribution in [3.8, 4) is 0 Å². The first-order chi connectivity index (χ1) is 13.2. The molecule has 0 bridgehead atoms. The first-order valence-corrected chi connectivity index (χ1v) is 10.8. The quantitative estimate of drug-likeness (QED) is 0.418. The lowest BCUT2D eigenvalue weighted by Gasteiger charge is -2.49. The van der Waals surface area contributed by atoms with Gasteiger partial charge in [-0.15, -0.1) is 0 Å². The second-order valence-corrected chi connectivity index (χ2v) is 9.07. The van der Waals surface area contributed by atoms with Crippen LogP contribution in [0.3, 0.4) is 0 Å². The molecule has 0 spiro atoms. The summed E-state index contributed by atoms with van der Waals surface area (Å²) in [4.78, 5) is 28.3. The third-order valence-electron chi connectivity index (χ3n) is 5.93.